The van der Waals surface area contributed by atoms with E-state index in [0.29, 0.717) is 13.2 Å². The number of nitrogens with one attached hydrogen (secondary N) is 1. The average molecular weight is 300 g/mol. The number of hydrogen-bond acceptors (Lipinski definition) is 4. The van der Waals surface area contributed by atoms with Gasteiger partial charge in [-0.25, -0.2) is 0 Å². The van der Waals surface area contributed by atoms with Gasteiger partial charge in [0, 0.05) is 26.7 Å². The Morgan fingerprint density at radius 1 is 1.59 bits per heavy atom. The van der Waals surface area contributed by atoms with Gasteiger partial charge in [0.2, 0.25) is 0 Å². The monoisotopic (exact) mass is 300 g/mol. The van der Waals surface area contributed by atoms with Crippen LogP contribution in [-0.2, 0) is 16.0 Å². The lowest BCUT2D eigenvalue weighted by atomic mass is 10.0. The molecule has 0 fully saturated rings. The van der Waals surface area contributed by atoms with Crippen LogP contribution in [0.25, 0.3) is 6.08 Å². The van der Waals surface area contributed by atoms with Gasteiger partial charge in [-0.15, -0.1) is 0 Å². The van der Waals surface area contributed by atoms with E-state index in [-0.39, 0.29) is 17.6 Å². The fourth-order valence-corrected chi connectivity index (χ4v) is 2.36. The van der Waals surface area contributed by atoms with E-state index in [1.54, 1.807) is 13.2 Å². The SMILES string of the molecule is COCCCNC(=O)/C(C#N)=C/c1ccc2c(c1)C[C@@H](C)O2. The number of methoxy groups -OCH3 is 1. The van der Waals surface area contributed by atoms with Crippen LogP contribution in [0.2, 0.25) is 0 Å². The van der Waals surface area contributed by atoms with Crippen molar-refractivity contribution < 1.29 is 14.3 Å². The zero-order valence-electron chi connectivity index (χ0n) is 12.9. The minimum atomic E-state index is -0.358. The molecule has 1 atom stereocenters. The van der Waals surface area contributed by atoms with Crippen molar-refractivity contribution in [1.82, 2.24) is 5.32 Å². The molecule has 0 aromatic heterocycles. The lowest BCUT2D eigenvalue weighted by Gasteiger charge is -2.04. The van der Waals surface area contributed by atoms with E-state index < -0.39 is 0 Å². The van der Waals surface area contributed by atoms with Crippen LogP contribution in [0.4, 0.5) is 0 Å². The fourth-order valence-electron chi connectivity index (χ4n) is 2.36. The average Bonchev–Trinajstić information content (AvgIpc) is 2.88. The fraction of sp³-hybridized carbons (Fsp3) is 0.412. The van der Waals surface area contributed by atoms with E-state index in [1.165, 1.54) is 0 Å². The van der Waals surface area contributed by atoms with Crippen molar-refractivity contribution >= 4 is 12.0 Å². The van der Waals surface area contributed by atoms with Crippen LogP contribution in [0.15, 0.2) is 23.8 Å². The Balaban J connectivity index is 2.04. The van der Waals surface area contributed by atoms with Crippen molar-refractivity contribution in [1.29, 1.82) is 5.26 Å². The molecule has 1 N–H and O–H groups in total. The summed E-state index contributed by atoms with van der Waals surface area (Å²) < 4.78 is 10.6. The number of rotatable bonds is 6. The number of nitriles is 1. The Bertz CT molecular complexity index is 617. The van der Waals surface area contributed by atoms with Crippen molar-refractivity contribution in [3.8, 4) is 11.8 Å². The predicted molar refractivity (Wildman–Crippen MR) is 83.3 cm³/mol. The molecule has 2 rings (SSSR count). The highest BCUT2D eigenvalue weighted by atomic mass is 16.5. The second kappa shape index (κ2) is 7.62. The van der Waals surface area contributed by atoms with Crippen molar-refractivity contribution in [2.75, 3.05) is 20.3 Å². The molecule has 5 heteroatoms. The summed E-state index contributed by atoms with van der Waals surface area (Å²) in [6.07, 6.45) is 3.35. The molecule has 1 aromatic rings. The molecule has 0 saturated heterocycles. The molecule has 0 saturated carbocycles. The first kappa shape index (κ1) is 16.1. The van der Waals surface area contributed by atoms with E-state index in [2.05, 4.69) is 5.32 Å². The van der Waals surface area contributed by atoms with Gasteiger partial charge >= 0.3 is 0 Å². The minimum Gasteiger partial charge on any atom is -0.490 e. The number of nitrogens with zero attached hydrogens (tertiary/aromatic N) is 1. The molecule has 1 amide bonds. The number of carbonyl (C=O) groups excluding carboxylic acids is 1. The zero-order chi connectivity index (χ0) is 15.9. The lowest BCUT2D eigenvalue weighted by molar-refractivity contribution is -0.117. The van der Waals surface area contributed by atoms with Crippen molar-refractivity contribution in [3.63, 3.8) is 0 Å². The van der Waals surface area contributed by atoms with Gasteiger partial charge in [0.1, 0.15) is 23.5 Å². The third-order valence-electron chi connectivity index (χ3n) is 3.41. The normalized spacial score (nSPS) is 16.6. The smallest absolute Gasteiger partial charge is 0.261 e. The Hall–Kier alpha value is -2.32. The summed E-state index contributed by atoms with van der Waals surface area (Å²) in [5, 5.41) is 11.9. The number of ether oxygens (including phenoxy) is 2. The number of amides is 1. The molecular formula is C17H20N2O3. The predicted octanol–water partition coefficient (Wildman–Crippen LogP) is 2.07. The van der Waals surface area contributed by atoms with Crippen LogP contribution in [0.5, 0.6) is 5.75 Å². The molecule has 5 nitrogen and oxygen atoms in total. The van der Waals surface area contributed by atoms with Crippen molar-refractivity contribution in [2.45, 2.75) is 25.9 Å². The van der Waals surface area contributed by atoms with Crippen LogP contribution in [0.1, 0.15) is 24.5 Å². The molecule has 22 heavy (non-hydrogen) atoms. The number of benzene rings is 1. The number of hydrogen-bond donors (Lipinski definition) is 1. The molecule has 116 valence electrons. The maximum atomic E-state index is 12.0. The van der Waals surface area contributed by atoms with Gasteiger partial charge in [0.05, 0.1) is 0 Å². The molecule has 1 aliphatic heterocycles. The van der Waals surface area contributed by atoms with Crippen LogP contribution >= 0.6 is 0 Å². The van der Waals surface area contributed by atoms with Gasteiger partial charge in [-0.2, -0.15) is 5.26 Å². The van der Waals surface area contributed by atoms with Gasteiger partial charge in [-0.05, 0) is 42.7 Å². The molecule has 1 aliphatic rings. The number of carbonyl (C=O) groups is 1. The summed E-state index contributed by atoms with van der Waals surface area (Å²) in [5.74, 6) is 0.524. The van der Waals surface area contributed by atoms with E-state index in [0.717, 1.165) is 29.7 Å². The summed E-state index contributed by atoms with van der Waals surface area (Å²) in [7, 11) is 1.61. The van der Waals surface area contributed by atoms with E-state index in [1.807, 2.05) is 31.2 Å². The molecule has 1 aromatic carbocycles. The summed E-state index contributed by atoms with van der Waals surface area (Å²) in [5.41, 5.74) is 2.04. The van der Waals surface area contributed by atoms with E-state index in [9.17, 15) is 4.79 Å². The lowest BCUT2D eigenvalue weighted by Crippen LogP contribution is -2.26. The van der Waals surface area contributed by atoms with Crippen molar-refractivity contribution in [2.24, 2.45) is 0 Å². The van der Waals surface area contributed by atoms with Crippen molar-refractivity contribution in [3.05, 3.63) is 34.9 Å². The van der Waals surface area contributed by atoms with Crippen LogP contribution < -0.4 is 10.1 Å². The Labute approximate surface area is 130 Å². The standard InChI is InChI=1S/C17H20N2O3/c1-12-8-14-9-13(4-5-16(14)22-12)10-15(11-18)17(20)19-6-3-7-21-2/h4-5,9-10,12H,3,6-8H2,1-2H3,(H,19,20)/b15-10+/t12-/m1/s1. The number of fused-ring (bicyclic) bond motifs is 1. The summed E-state index contributed by atoms with van der Waals surface area (Å²) in [6.45, 7) is 3.08. The summed E-state index contributed by atoms with van der Waals surface area (Å²) in [6, 6.07) is 7.66. The maximum Gasteiger partial charge on any atom is 0.261 e. The molecule has 1 heterocycles. The van der Waals surface area contributed by atoms with Crippen LogP contribution in [0, 0.1) is 11.3 Å². The van der Waals surface area contributed by atoms with Gasteiger partial charge < -0.3 is 14.8 Å². The van der Waals surface area contributed by atoms with E-state index in [4.69, 9.17) is 14.7 Å². The highest BCUT2D eigenvalue weighted by Crippen LogP contribution is 2.29. The molecule has 0 bridgehead atoms. The maximum absolute atomic E-state index is 12.0. The topological polar surface area (TPSA) is 71.3 Å². The van der Waals surface area contributed by atoms with Crippen LogP contribution in [0.3, 0.4) is 0 Å². The Morgan fingerprint density at radius 3 is 3.14 bits per heavy atom. The first-order chi connectivity index (χ1) is 10.6. The summed E-state index contributed by atoms with van der Waals surface area (Å²) >= 11 is 0. The van der Waals surface area contributed by atoms with E-state index >= 15 is 0 Å². The molecular weight excluding hydrogens is 280 g/mol. The molecule has 0 unspecified atom stereocenters. The van der Waals surface area contributed by atoms with Gasteiger partial charge in [0.25, 0.3) is 5.91 Å². The quantitative estimate of drug-likeness (QED) is 0.496. The highest BCUT2D eigenvalue weighted by molar-refractivity contribution is 6.01. The van der Waals surface area contributed by atoms with Gasteiger partial charge in [0.15, 0.2) is 0 Å². The second-order valence-corrected chi connectivity index (χ2v) is 5.27. The summed E-state index contributed by atoms with van der Waals surface area (Å²) in [4.78, 5) is 12.0. The largest absolute Gasteiger partial charge is 0.490 e. The molecule has 0 spiro atoms. The molecule has 0 radical (unpaired) electrons. The Kier molecular flexibility index (Phi) is 5.56. The second-order valence-electron chi connectivity index (χ2n) is 5.27. The zero-order valence-corrected chi connectivity index (χ0v) is 12.9. The van der Waals surface area contributed by atoms with Gasteiger partial charge in [-0.3, -0.25) is 4.79 Å². The van der Waals surface area contributed by atoms with Gasteiger partial charge in [-0.1, -0.05) is 6.07 Å². The third-order valence-corrected chi connectivity index (χ3v) is 3.41. The third kappa shape index (κ3) is 4.09. The highest BCUT2D eigenvalue weighted by Gasteiger charge is 2.18. The molecule has 0 aliphatic carbocycles. The van der Waals surface area contributed by atoms with Crippen LogP contribution in [-0.4, -0.2) is 32.3 Å². The Morgan fingerprint density at radius 2 is 2.41 bits per heavy atom. The first-order valence-corrected chi connectivity index (χ1v) is 7.32. The minimum absolute atomic E-state index is 0.101. The first-order valence-electron chi connectivity index (χ1n) is 7.32.